The number of carbonyl (C=O) groups is 1. The molecule has 1 aliphatic rings. The summed E-state index contributed by atoms with van der Waals surface area (Å²) in [4.78, 5) is 35.8. The first-order valence-corrected chi connectivity index (χ1v) is 12.9. The van der Waals surface area contributed by atoms with E-state index in [4.69, 9.17) is 9.73 Å². The number of ether oxygens (including phenoxy) is 1. The van der Waals surface area contributed by atoms with Gasteiger partial charge in [-0.1, -0.05) is 59.9 Å². The van der Waals surface area contributed by atoms with Crippen molar-refractivity contribution in [3.05, 3.63) is 108 Å². The predicted octanol–water partition coefficient (Wildman–Crippen LogP) is 4.78. The van der Waals surface area contributed by atoms with Crippen molar-refractivity contribution in [1.29, 1.82) is 0 Å². The van der Waals surface area contributed by atoms with Crippen LogP contribution in [0.2, 0.25) is 0 Å². The Kier molecular flexibility index (Phi) is 5.46. The van der Waals surface area contributed by atoms with Crippen LogP contribution in [-0.2, 0) is 4.79 Å². The van der Waals surface area contributed by atoms with Gasteiger partial charge in [0.25, 0.3) is 5.56 Å². The van der Waals surface area contributed by atoms with E-state index in [2.05, 4.69) is 4.98 Å². The summed E-state index contributed by atoms with van der Waals surface area (Å²) >= 11 is 1.34. The number of rotatable bonds is 4. The summed E-state index contributed by atoms with van der Waals surface area (Å²) in [7, 11) is 1.61. The van der Waals surface area contributed by atoms with Gasteiger partial charge in [-0.05, 0) is 49.8 Å². The van der Waals surface area contributed by atoms with E-state index in [-0.39, 0.29) is 11.3 Å². The number of fused-ring (bicyclic) bond motifs is 3. The molecule has 7 heteroatoms. The van der Waals surface area contributed by atoms with Crippen molar-refractivity contribution in [1.82, 2.24) is 9.55 Å². The maximum Gasteiger partial charge on any atom is 0.271 e. The molecular weight excluding hydrogens is 482 g/mol. The van der Waals surface area contributed by atoms with Crippen molar-refractivity contribution >= 4 is 44.9 Å². The number of hydrogen-bond donors (Lipinski definition) is 1. The minimum atomic E-state index is -0.652. The number of thiazole rings is 1. The van der Waals surface area contributed by atoms with Crippen LogP contribution < -0.4 is 19.6 Å². The number of methoxy groups -OCH3 is 1. The molecule has 184 valence electrons. The van der Waals surface area contributed by atoms with Gasteiger partial charge in [0.1, 0.15) is 5.75 Å². The van der Waals surface area contributed by atoms with Crippen LogP contribution >= 0.6 is 11.3 Å². The van der Waals surface area contributed by atoms with Gasteiger partial charge in [-0.15, -0.1) is 0 Å². The second-order valence-corrected chi connectivity index (χ2v) is 10.3. The predicted molar refractivity (Wildman–Crippen MR) is 148 cm³/mol. The van der Waals surface area contributed by atoms with Crippen LogP contribution in [0.4, 0.5) is 0 Å². The van der Waals surface area contributed by atoms with Gasteiger partial charge in [-0.2, -0.15) is 0 Å². The number of para-hydroxylation sites is 1. The summed E-state index contributed by atoms with van der Waals surface area (Å²) in [6.45, 7) is 5.37. The summed E-state index contributed by atoms with van der Waals surface area (Å²) in [6.07, 6.45) is 1.93. The lowest BCUT2D eigenvalue weighted by molar-refractivity contribution is -0.114. The summed E-state index contributed by atoms with van der Waals surface area (Å²) in [5.41, 5.74) is 4.70. The van der Waals surface area contributed by atoms with Crippen LogP contribution in [0.25, 0.3) is 27.8 Å². The molecule has 0 bridgehead atoms. The Morgan fingerprint density at radius 3 is 2.54 bits per heavy atom. The fraction of sp³-hybridized carbons (Fsp3) is 0.167. The number of ketones is 1. The van der Waals surface area contributed by atoms with Crippen LogP contribution in [0.5, 0.6) is 5.75 Å². The normalized spacial score (nSPS) is 15.8. The van der Waals surface area contributed by atoms with Crippen LogP contribution in [-0.4, -0.2) is 22.4 Å². The second kappa shape index (κ2) is 8.71. The Morgan fingerprint density at radius 1 is 1.05 bits per heavy atom. The number of aryl methyl sites for hydroxylation is 1. The highest BCUT2D eigenvalue weighted by Gasteiger charge is 2.33. The Balaban J connectivity index is 1.69. The number of nitrogens with zero attached hydrogens (tertiary/aromatic N) is 2. The number of aromatic amines is 1. The van der Waals surface area contributed by atoms with E-state index < -0.39 is 6.04 Å². The molecule has 37 heavy (non-hydrogen) atoms. The third kappa shape index (κ3) is 3.57. The number of aromatic nitrogens is 2. The van der Waals surface area contributed by atoms with Crippen molar-refractivity contribution in [2.45, 2.75) is 26.8 Å². The van der Waals surface area contributed by atoms with Gasteiger partial charge in [0.2, 0.25) is 0 Å². The molecule has 0 saturated carbocycles. The third-order valence-electron chi connectivity index (χ3n) is 7.04. The van der Waals surface area contributed by atoms with Gasteiger partial charge in [0, 0.05) is 39.0 Å². The Morgan fingerprint density at radius 2 is 1.78 bits per heavy atom. The molecule has 0 saturated heterocycles. The molecule has 1 atom stereocenters. The Bertz CT molecular complexity index is 1960. The lowest BCUT2D eigenvalue weighted by atomic mass is 9.89. The van der Waals surface area contributed by atoms with Crippen molar-refractivity contribution in [2.24, 2.45) is 4.99 Å². The number of benzene rings is 3. The molecule has 3 aromatic carbocycles. The van der Waals surface area contributed by atoms with E-state index in [9.17, 15) is 9.59 Å². The van der Waals surface area contributed by atoms with Gasteiger partial charge >= 0.3 is 0 Å². The standard InChI is InChI=1S/C30H25N3O3S/c1-16-22(21-11-7-8-12-23(21)31-16)15-25-29(35)33-28(26(18(3)34)17(2)32-30(33)37-25)27-20-10-6-5-9-19(20)13-14-24(27)36-4/h5-15,28,31H,1-4H3/t28-/m0/s1. The molecule has 3 heterocycles. The second-order valence-electron chi connectivity index (χ2n) is 9.25. The van der Waals surface area contributed by atoms with Gasteiger partial charge < -0.3 is 9.72 Å². The van der Waals surface area contributed by atoms with E-state index in [0.29, 0.717) is 26.4 Å². The van der Waals surface area contributed by atoms with Gasteiger partial charge in [0.15, 0.2) is 10.6 Å². The van der Waals surface area contributed by atoms with Crippen LogP contribution in [0, 0.1) is 6.92 Å². The highest BCUT2D eigenvalue weighted by molar-refractivity contribution is 7.07. The number of H-pyrrole nitrogens is 1. The zero-order valence-electron chi connectivity index (χ0n) is 21.0. The monoisotopic (exact) mass is 507 g/mol. The summed E-state index contributed by atoms with van der Waals surface area (Å²) < 4.78 is 8.02. The zero-order chi connectivity index (χ0) is 25.8. The molecule has 0 spiro atoms. The van der Waals surface area contributed by atoms with Crippen LogP contribution in [0.3, 0.4) is 0 Å². The van der Waals surface area contributed by atoms with Crippen molar-refractivity contribution in [3.63, 3.8) is 0 Å². The smallest absolute Gasteiger partial charge is 0.271 e. The van der Waals surface area contributed by atoms with E-state index in [1.807, 2.05) is 80.6 Å². The molecule has 6 nitrogen and oxygen atoms in total. The highest BCUT2D eigenvalue weighted by Crippen LogP contribution is 2.40. The number of Topliss-reactive ketones (excluding diaryl/α,β-unsaturated/α-hetero) is 1. The molecule has 5 aromatic rings. The lowest BCUT2D eigenvalue weighted by Gasteiger charge is -2.27. The average Bonchev–Trinajstić information content (AvgIpc) is 3.37. The van der Waals surface area contributed by atoms with Crippen molar-refractivity contribution in [2.75, 3.05) is 7.11 Å². The highest BCUT2D eigenvalue weighted by atomic mass is 32.1. The molecule has 0 radical (unpaired) electrons. The summed E-state index contributed by atoms with van der Waals surface area (Å²) in [6, 6.07) is 19.2. The lowest BCUT2D eigenvalue weighted by Crippen LogP contribution is -2.39. The number of carbonyl (C=O) groups excluding carboxylic acids is 1. The fourth-order valence-corrected chi connectivity index (χ4v) is 6.42. The first-order valence-electron chi connectivity index (χ1n) is 12.1. The van der Waals surface area contributed by atoms with Gasteiger partial charge in [-0.3, -0.25) is 14.2 Å². The molecular formula is C30H25N3O3S. The molecule has 6 rings (SSSR count). The van der Waals surface area contributed by atoms with E-state index in [0.717, 1.165) is 38.5 Å². The Labute approximate surface area is 216 Å². The van der Waals surface area contributed by atoms with Crippen LogP contribution in [0.1, 0.15) is 36.7 Å². The molecule has 0 aliphatic carbocycles. The molecule has 0 unspecified atom stereocenters. The Hall–Kier alpha value is -4.23. The average molecular weight is 508 g/mol. The first kappa shape index (κ1) is 23.2. The summed E-state index contributed by atoms with van der Waals surface area (Å²) in [5.74, 6) is 0.502. The van der Waals surface area contributed by atoms with Gasteiger partial charge in [0.05, 0.1) is 17.7 Å². The minimum Gasteiger partial charge on any atom is -0.496 e. The van der Waals surface area contributed by atoms with Crippen LogP contribution in [0.15, 0.2) is 81.7 Å². The number of nitrogens with one attached hydrogen (secondary N) is 1. The van der Waals surface area contributed by atoms with Gasteiger partial charge in [-0.25, -0.2) is 4.99 Å². The quantitative estimate of drug-likeness (QED) is 0.381. The fourth-order valence-electron chi connectivity index (χ4n) is 5.39. The minimum absolute atomic E-state index is 0.122. The van der Waals surface area contributed by atoms with Crippen molar-refractivity contribution in [3.8, 4) is 5.75 Å². The molecule has 2 aromatic heterocycles. The molecule has 0 amide bonds. The van der Waals surface area contributed by atoms with E-state index >= 15 is 0 Å². The third-order valence-corrected chi connectivity index (χ3v) is 8.03. The SMILES string of the molecule is COc1ccc2ccccc2c1[C@@H]1C(C(C)=O)=C(C)N=c2sc(=Cc3c(C)[nH]c4ccccc34)c(=O)n21. The molecule has 1 aliphatic heterocycles. The maximum atomic E-state index is 14.1. The zero-order valence-corrected chi connectivity index (χ0v) is 21.8. The maximum absolute atomic E-state index is 14.1. The molecule has 0 fully saturated rings. The van der Waals surface area contributed by atoms with Crippen molar-refractivity contribution < 1.29 is 9.53 Å². The van der Waals surface area contributed by atoms with E-state index in [1.165, 1.54) is 18.3 Å². The molecule has 1 N–H and O–H groups in total. The van der Waals surface area contributed by atoms with E-state index in [1.54, 1.807) is 11.7 Å². The number of allylic oxidation sites excluding steroid dienone is 2. The topological polar surface area (TPSA) is 76.4 Å². The number of hydrogen-bond acceptors (Lipinski definition) is 5. The first-order chi connectivity index (χ1) is 17.9. The summed E-state index contributed by atoms with van der Waals surface area (Å²) in [5, 5.41) is 2.99. The largest absolute Gasteiger partial charge is 0.496 e.